The molecule has 7 heteroatoms. The summed E-state index contributed by atoms with van der Waals surface area (Å²) in [5.41, 5.74) is 7.74. The van der Waals surface area contributed by atoms with E-state index in [1.54, 1.807) is 17.8 Å². The summed E-state index contributed by atoms with van der Waals surface area (Å²) in [6, 6.07) is 4.53. The number of imidazole rings is 1. The number of ether oxygens (including phenoxy) is 1. The molecular weight excluding hydrogens is 285 g/mol. The number of pyridine rings is 1. The maximum Gasteiger partial charge on any atom is 0.157 e. The van der Waals surface area contributed by atoms with Crippen molar-refractivity contribution in [1.29, 1.82) is 0 Å². The van der Waals surface area contributed by atoms with Gasteiger partial charge in [-0.25, -0.2) is 18.9 Å². The van der Waals surface area contributed by atoms with Crippen molar-refractivity contribution in [3.63, 3.8) is 0 Å². The van der Waals surface area contributed by atoms with Crippen LogP contribution in [0.5, 0.6) is 5.75 Å². The monoisotopic (exact) mass is 299 g/mol. The first-order valence-corrected chi connectivity index (χ1v) is 7.02. The zero-order chi connectivity index (χ0) is 15.3. The van der Waals surface area contributed by atoms with Crippen LogP contribution in [0.15, 0.2) is 24.4 Å². The minimum absolute atomic E-state index is 0.145. The van der Waals surface area contributed by atoms with Crippen LogP contribution < -0.4 is 10.5 Å². The number of rotatable bonds is 3. The third kappa shape index (κ3) is 1.97. The van der Waals surface area contributed by atoms with Gasteiger partial charge in [-0.1, -0.05) is 0 Å². The zero-order valence-electron chi connectivity index (χ0n) is 12.0. The molecule has 0 radical (unpaired) electrons. The summed E-state index contributed by atoms with van der Waals surface area (Å²) in [6.45, 7) is 0. The number of hydrogen-bond acceptors (Lipinski definition) is 5. The Hall–Kier alpha value is -2.70. The fraction of sp³-hybridized carbons (Fsp3) is 0.267. The van der Waals surface area contributed by atoms with Crippen LogP contribution in [0.25, 0.3) is 17.0 Å². The van der Waals surface area contributed by atoms with Crippen molar-refractivity contribution in [2.75, 3.05) is 12.8 Å². The number of nitrogens with zero attached hydrogens (tertiary/aromatic N) is 4. The number of nitrogens with two attached hydrogens (primary N) is 1. The number of hydrogen-bond donors (Lipinski definition) is 1. The minimum Gasteiger partial charge on any atom is -0.495 e. The molecule has 0 spiro atoms. The third-order valence-electron chi connectivity index (χ3n) is 3.78. The van der Waals surface area contributed by atoms with E-state index in [1.807, 2.05) is 6.07 Å². The van der Waals surface area contributed by atoms with Gasteiger partial charge in [0.1, 0.15) is 28.6 Å². The van der Waals surface area contributed by atoms with Gasteiger partial charge in [0.25, 0.3) is 0 Å². The van der Waals surface area contributed by atoms with E-state index in [0.29, 0.717) is 23.0 Å². The lowest BCUT2D eigenvalue weighted by Gasteiger charge is -2.09. The minimum atomic E-state index is -0.457. The number of anilines is 1. The second-order valence-electron chi connectivity index (χ2n) is 5.35. The lowest BCUT2D eigenvalue weighted by molar-refractivity contribution is 0.405. The first kappa shape index (κ1) is 13.0. The van der Waals surface area contributed by atoms with Gasteiger partial charge in [0.15, 0.2) is 11.5 Å². The maximum absolute atomic E-state index is 14.1. The van der Waals surface area contributed by atoms with Crippen molar-refractivity contribution in [1.82, 2.24) is 19.6 Å². The molecule has 22 heavy (non-hydrogen) atoms. The molecule has 112 valence electrons. The molecule has 0 aromatic carbocycles. The van der Waals surface area contributed by atoms with Gasteiger partial charge >= 0.3 is 0 Å². The van der Waals surface area contributed by atoms with Gasteiger partial charge in [0.05, 0.1) is 13.3 Å². The Bertz CT molecular complexity index is 872. The second-order valence-corrected chi connectivity index (χ2v) is 5.35. The van der Waals surface area contributed by atoms with E-state index in [1.165, 1.54) is 12.1 Å². The molecule has 3 heterocycles. The number of halogens is 1. The Morgan fingerprint density at radius 1 is 1.36 bits per heavy atom. The van der Waals surface area contributed by atoms with Crippen molar-refractivity contribution in [3.8, 4) is 17.1 Å². The van der Waals surface area contributed by atoms with E-state index < -0.39 is 5.82 Å². The van der Waals surface area contributed by atoms with E-state index in [4.69, 9.17) is 10.5 Å². The summed E-state index contributed by atoms with van der Waals surface area (Å²) in [5.74, 6) is 0.908. The highest BCUT2D eigenvalue weighted by molar-refractivity contribution is 5.62. The van der Waals surface area contributed by atoms with Crippen molar-refractivity contribution < 1.29 is 9.13 Å². The summed E-state index contributed by atoms with van der Waals surface area (Å²) in [4.78, 5) is 8.34. The van der Waals surface area contributed by atoms with Crippen LogP contribution in [0, 0.1) is 5.82 Å². The van der Waals surface area contributed by atoms with E-state index in [2.05, 4.69) is 15.1 Å². The Morgan fingerprint density at radius 2 is 2.18 bits per heavy atom. The Kier molecular flexibility index (Phi) is 2.75. The van der Waals surface area contributed by atoms with E-state index >= 15 is 0 Å². The molecule has 0 atom stereocenters. The van der Waals surface area contributed by atoms with E-state index in [-0.39, 0.29) is 11.5 Å². The molecular formula is C15H14FN5O. The lowest BCUT2D eigenvalue weighted by atomic mass is 10.2. The maximum atomic E-state index is 14.1. The summed E-state index contributed by atoms with van der Waals surface area (Å²) in [6.07, 6.45) is 3.72. The van der Waals surface area contributed by atoms with Crippen LogP contribution in [0.1, 0.15) is 24.5 Å². The van der Waals surface area contributed by atoms with Crippen LogP contribution >= 0.6 is 0 Å². The standard InChI is InChI=1S/C15H14FN5O/c1-22-11-6-13-18-7-10(15-9(16)4-5-12(17)19-15)21(13)20-14(11)8-2-3-8/h4-8H,2-3H2,1H3,(H2,17,19). The molecule has 0 unspecified atom stereocenters. The van der Waals surface area contributed by atoms with Crippen molar-refractivity contribution >= 4 is 11.5 Å². The summed E-state index contributed by atoms with van der Waals surface area (Å²) in [5, 5.41) is 4.60. The van der Waals surface area contributed by atoms with Crippen LogP contribution in [-0.2, 0) is 0 Å². The smallest absolute Gasteiger partial charge is 0.157 e. The molecule has 3 aromatic rings. The van der Waals surface area contributed by atoms with Crippen LogP contribution in [0.3, 0.4) is 0 Å². The van der Waals surface area contributed by atoms with Crippen molar-refractivity contribution in [2.45, 2.75) is 18.8 Å². The Morgan fingerprint density at radius 3 is 2.91 bits per heavy atom. The molecule has 4 rings (SSSR count). The number of nitrogen functional groups attached to an aromatic ring is 1. The van der Waals surface area contributed by atoms with Gasteiger partial charge in [-0.3, -0.25) is 0 Å². The van der Waals surface area contributed by atoms with Gasteiger partial charge in [-0.2, -0.15) is 5.10 Å². The Balaban J connectivity index is 1.95. The molecule has 0 bridgehead atoms. The lowest BCUT2D eigenvalue weighted by Crippen LogP contribution is -2.04. The Labute approximate surface area is 125 Å². The summed E-state index contributed by atoms with van der Waals surface area (Å²) in [7, 11) is 1.61. The van der Waals surface area contributed by atoms with Gasteiger partial charge in [-0.15, -0.1) is 0 Å². The highest BCUT2D eigenvalue weighted by Crippen LogP contribution is 2.43. The summed E-state index contributed by atoms with van der Waals surface area (Å²) < 4.78 is 21.1. The number of aromatic nitrogens is 4. The van der Waals surface area contributed by atoms with Crippen molar-refractivity contribution in [2.24, 2.45) is 0 Å². The molecule has 1 aliphatic rings. The third-order valence-corrected chi connectivity index (χ3v) is 3.78. The predicted molar refractivity (Wildman–Crippen MR) is 79.1 cm³/mol. The normalized spacial score (nSPS) is 14.5. The zero-order valence-corrected chi connectivity index (χ0v) is 12.0. The van der Waals surface area contributed by atoms with Gasteiger partial charge in [-0.05, 0) is 25.0 Å². The molecule has 3 aromatic heterocycles. The van der Waals surface area contributed by atoms with E-state index in [9.17, 15) is 4.39 Å². The van der Waals surface area contributed by atoms with Gasteiger partial charge in [0.2, 0.25) is 0 Å². The SMILES string of the molecule is COc1cc2ncc(-c3nc(N)ccc3F)n2nc1C1CC1. The molecule has 0 saturated heterocycles. The molecule has 1 aliphatic carbocycles. The fourth-order valence-electron chi connectivity index (χ4n) is 2.51. The highest BCUT2D eigenvalue weighted by atomic mass is 19.1. The topological polar surface area (TPSA) is 78.3 Å². The molecule has 0 aliphatic heterocycles. The number of fused-ring (bicyclic) bond motifs is 1. The summed E-state index contributed by atoms with van der Waals surface area (Å²) >= 11 is 0. The predicted octanol–water partition coefficient (Wildman–Crippen LogP) is 2.40. The molecule has 0 amide bonds. The first-order valence-electron chi connectivity index (χ1n) is 7.02. The average molecular weight is 299 g/mol. The molecule has 1 saturated carbocycles. The highest BCUT2D eigenvalue weighted by Gasteiger charge is 2.30. The van der Waals surface area contributed by atoms with Crippen LogP contribution in [0.2, 0.25) is 0 Å². The number of methoxy groups -OCH3 is 1. The van der Waals surface area contributed by atoms with Crippen molar-refractivity contribution in [3.05, 3.63) is 35.9 Å². The van der Waals surface area contributed by atoms with Gasteiger partial charge in [0, 0.05) is 12.0 Å². The molecule has 6 nitrogen and oxygen atoms in total. The quantitative estimate of drug-likeness (QED) is 0.803. The average Bonchev–Trinajstić information content (AvgIpc) is 3.29. The van der Waals surface area contributed by atoms with E-state index in [0.717, 1.165) is 18.5 Å². The van der Waals surface area contributed by atoms with Crippen LogP contribution in [0.4, 0.5) is 10.2 Å². The molecule has 2 N–H and O–H groups in total. The largest absolute Gasteiger partial charge is 0.495 e. The second kappa shape index (κ2) is 4.66. The fourth-order valence-corrected chi connectivity index (χ4v) is 2.51. The molecule has 1 fully saturated rings. The van der Waals surface area contributed by atoms with Crippen LogP contribution in [-0.4, -0.2) is 26.7 Å². The van der Waals surface area contributed by atoms with Gasteiger partial charge < -0.3 is 10.5 Å². The first-order chi connectivity index (χ1) is 10.7.